The van der Waals surface area contributed by atoms with E-state index in [1.54, 1.807) is 0 Å². The molecule has 144 valence electrons. The minimum absolute atomic E-state index is 0.00848. The molecule has 27 heavy (non-hydrogen) atoms. The maximum absolute atomic E-state index is 12.4. The van der Waals surface area contributed by atoms with E-state index in [4.69, 9.17) is 9.16 Å². The molecule has 2 aromatic carbocycles. The van der Waals surface area contributed by atoms with Crippen LogP contribution in [0.4, 0.5) is 0 Å². The molecule has 5 heteroatoms. The van der Waals surface area contributed by atoms with Gasteiger partial charge in [0.2, 0.25) is 0 Å². The highest BCUT2D eigenvalue weighted by Gasteiger charge is 2.50. The van der Waals surface area contributed by atoms with Crippen molar-refractivity contribution in [3.63, 3.8) is 0 Å². The predicted molar refractivity (Wildman–Crippen MR) is 110 cm³/mol. The first-order chi connectivity index (χ1) is 12.8. The summed E-state index contributed by atoms with van der Waals surface area (Å²) in [4.78, 5) is 23.3. The summed E-state index contributed by atoms with van der Waals surface area (Å²) in [6.07, 6.45) is 0.164. The van der Waals surface area contributed by atoms with Gasteiger partial charge in [-0.25, -0.2) is 0 Å². The monoisotopic (exact) mass is 384 g/mol. The molecule has 0 spiro atoms. The Morgan fingerprint density at radius 3 is 1.78 bits per heavy atom. The zero-order chi connectivity index (χ0) is 19.9. The van der Waals surface area contributed by atoms with Gasteiger partial charge in [-0.1, -0.05) is 81.4 Å². The van der Waals surface area contributed by atoms with Crippen LogP contribution in [-0.4, -0.2) is 33.3 Å². The first-order valence-corrected chi connectivity index (χ1v) is 11.1. The van der Waals surface area contributed by atoms with Crippen LogP contribution in [0.1, 0.15) is 34.1 Å². The van der Waals surface area contributed by atoms with Crippen molar-refractivity contribution < 1.29 is 18.8 Å². The van der Waals surface area contributed by atoms with E-state index in [1.165, 1.54) is 6.92 Å². The first-order valence-electron chi connectivity index (χ1n) is 9.17. The van der Waals surface area contributed by atoms with Crippen molar-refractivity contribution in [3.05, 3.63) is 60.7 Å². The molecule has 0 atom stereocenters. The molecule has 0 bridgehead atoms. The molecule has 0 saturated heterocycles. The van der Waals surface area contributed by atoms with Gasteiger partial charge >= 0.3 is 5.97 Å². The van der Waals surface area contributed by atoms with Crippen LogP contribution in [0.3, 0.4) is 0 Å². The molecule has 0 amide bonds. The molecule has 0 aliphatic heterocycles. The number of ketones is 1. The molecule has 0 fully saturated rings. The van der Waals surface area contributed by atoms with Gasteiger partial charge in [-0.2, -0.15) is 0 Å². The largest absolute Gasteiger partial charge is 0.465 e. The van der Waals surface area contributed by atoms with Crippen molar-refractivity contribution in [2.24, 2.45) is 0 Å². The van der Waals surface area contributed by atoms with Crippen LogP contribution in [-0.2, 0) is 18.8 Å². The number of Topliss-reactive ketones (excluding diaryl/α,β-unsaturated/α-hetero) is 1. The standard InChI is InChI=1S/C22H28O4Si/c1-18(23)25-16-15-19(24)17-26-27(22(2,3)4,20-11-7-5-8-12-20)21-13-9-6-10-14-21/h5-14H,15-17H2,1-4H3. The molecule has 0 aromatic heterocycles. The third-order valence-corrected chi connectivity index (χ3v) is 9.54. The van der Waals surface area contributed by atoms with Crippen molar-refractivity contribution in [3.8, 4) is 0 Å². The van der Waals surface area contributed by atoms with Gasteiger partial charge in [-0.05, 0) is 15.4 Å². The summed E-state index contributed by atoms with van der Waals surface area (Å²) in [7, 11) is -2.70. The van der Waals surface area contributed by atoms with Gasteiger partial charge < -0.3 is 9.16 Å². The molecular weight excluding hydrogens is 356 g/mol. The highest BCUT2D eigenvalue weighted by molar-refractivity contribution is 6.99. The van der Waals surface area contributed by atoms with E-state index in [-0.39, 0.29) is 36.4 Å². The van der Waals surface area contributed by atoms with E-state index in [1.807, 2.05) is 36.4 Å². The zero-order valence-electron chi connectivity index (χ0n) is 16.5. The van der Waals surface area contributed by atoms with Crippen LogP contribution in [0.5, 0.6) is 0 Å². The van der Waals surface area contributed by atoms with Gasteiger partial charge in [-0.15, -0.1) is 0 Å². The summed E-state index contributed by atoms with van der Waals surface area (Å²) in [5.41, 5.74) is 0. The summed E-state index contributed by atoms with van der Waals surface area (Å²) in [6.45, 7) is 7.95. The Morgan fingerprint density at radius 1 is 0.889 bits per heavy atom. The lowest BCUT2D eigenvalue weighted by Gasteiger charge is -2.42. The number of hydrogen-bond acceptors (Lipinski definition) is 4. The Balaban J connectivity index is 2.35. The maximum Gasteiger partial charge on any atom is 0.302 e. The minimum atomic E-state index is -2.70. The van der Waals surface area contributed by atoms with Crippen LogP contribution in [0.25, 0.3) is 0 Å². The fraction of sp³-hybridized carbons (Fsp3) is 0.364. The van der Waals surface area contributed by atoms with E-state index in [2.05, 4.69) is 45.0 Å². The predicted octanol–water partition coefficient (Wildman–Crippen LogP) is 3.09. The van der Waals surface area contributed by atoms with Gasteiger partial charge in [0.1, 0.15) is 0 Å². The van der Waals surface area contributed by atoms with Crippen molar-refractivity contribution in [2.75, 3.05) is 13.2 Å². The van der Waals surface area contributed by atoms with E-state index < -0.39 is 8.32 Å². The van der Waals surface area contributed by atoms with Crippen molar-refractivity contribution in [2.45, 2.75) is 39.2 Å². The topological polar surface area (TPSA) is 52.6 Å². The Kier molecular flexibility index (Phi) is 7.10. The molecule has 0 saturated carbocycles. The lowest BCUT2D eigenvalue weighted by atomic mass is 10.2. The quantitative estimate of drug-likeness (QED) is 0.518. The molecule has 4 nitrogen and oxygen atoms in total. The molecule has 2 rings (SSSR count). The number of ether oxygens (including phenoxy) is 1. The maximum atomic E-state index is 12.4. The lowest BCUT2D eigenvalue weighted by Crippen LogP contribution is -2.67. The summed E-state index contributed by atoms with van der Waals surface area (Å²) in [5, 5.41) is 2.10. The Labute approximate surface area is 162 Å². The van der Waals surface area contributed by atoms with Crippen LogP contribution in [0.2, 0.25) is 5.04 Å². The number of carbonyl (C=O) groups excluding carboxylic acids is 2. The molecule has 0 unspecified atom stereocenters. The smallest absolute Gasteiger partial charge is 0.302 e. The summed E-state index contributed by atoms with van der Waals surface area (Å²) >= 11 is 0. The molecule has 2 aromatic rings. The van der Waals surface area contributed by atoms with Gasteiger partial charge in [0.15, 0.2) is 5.78 Å². The van der Waals surface area contributed by atoms with Crippen molar-refractivity contribution in [1.82, 2.24) is 0 Å². The van der Waals surface area contributed by atoms with Crippen LogP contribution < -0.4 is 10.4 Å². The average molecular weight is 385 g/mol. The van der Waals surface area contributed by atoms with Gasteiger partial charge in [-0.3, -0.25) is 9.59 Å². The number of carbonyl (C=O) groups is 2. The highest BCUT2D eigenvalue weighted by Crippen LogP contribution is 2.36. The van der Waals surface area contributed by atoms with E-state index in [9.17, 15) is 9.59 Å². The molecular formula is C22H28O4Si. The molecule has 0 aliphatic carbocycles. The normalized spacial score (nSPS) is 11.9. The minimum Gasteiger partial charge on any atom is -0.465 e. The fourth-order valence-electron chi connectivity index (χ4n) is 3.33. The zero-order valence-corrected chi connectivity index (χ0v) is 17.5. The summed E-state index contributed by atoms with van der Waals surface area (Å²) in [6, 6.07) is 20.4. The summed E-state index contributed by atoms with van der Waals surface area (Å²) in [5.74, 6) is -0.444. The number of benzene rings is 2. The number of hydrogen-bond donors (Lipinski definition) is 0. The number of rotatable bonds is 8. The lowest BCUT2D eigenvalue weighted by molar-refractivity contribution is -0.141. The molecule has 0 N–H and O–H groups in total. The van der Waals surface area contributed by atoms with E-state index in [0.29, 0.717) is 0 Å². The Bertz CT molecular complexity index is 711. The van der Waals surface area contributed by atoms with Gasteiger partial charge in [0, 0.05) is 13.3 Å². The molecule has 0 radical (unpaired) electrons. The van der Waals surface area contributed by atoms with Gasteiger partial charge in [0.25, 0.3) is 8.32 Å². The molecule has 0 aliphatic rings. The van der Waals surface area contributed by atoms with Crippen LogP contribution >= 0.6 is 0 Å². The van der Waals surface area contributed by atoms with E-state index >= 15 is 0 Å². The van der Waals surface area contributed by atoms with Crippen molar-refractivity contribution >= 4 is 30.4 Å². The Morgan fingerprint density at radius 2 is 1.37 bits per heavy atom. The SMILES string of the molecule is CC(=O)OCCC(=O)CO[Si](c1ccccc1)(c1ccccc1)C(C)(C)C. The fourth-order valence-corrected chi connectivity index (χ4v) is 7.86. The summed E-state index contributed by atoms with van der Waals surface area (Å²) < 4.78 is 11.4. The second-order valence-electron chi connectivity index (χ2n) is 7.58. The molecule has 0 heterocycles. The highest BCUT2D eigenvalue weighted by atomic mass is 28.4. The Hall–Kier alpha value is -2.24. The number of esters is 1. The van der Waals surface area contributed by atoms with E-state index in [0.717, 1.165) is 10.4 Å². The van der Waals surface area contributed by atoms with Crippen molar-refractivity contribution in [1.29, 1.82) is 0 Å². The van der Waals surface area contributed by atoms with Gasteiger partial charge in [0.05, 0.1) is 13.2 Å². The average Bonchev–Trinajstić information content (AvgIpc) is 2.62. The third kappa shape index (κ3) is 5.14. The second kappa shape index (κ2) is 9.11. The third-order valence-electron chi connectivity index (χ3n) is 4.55. The van der Waals surface area contributed by atoms with Crippen LogP contribution in [0.15, 0.2) is 60.7 Å². The first kappa shape index (κ1) is 21.1. The van der Waals surface area contributed by atoms with Crippen LogP contribution in [0, 0.1) is 0 Å². The second-order valence-corrected chi connectivity index (χ2v) is 11.9.